The first-order chi connectivity index (χ1) is 9.33. The van der Waals surface area contributed by atoms with Gasteiger partial charge >= 0.3 is 0 Å². The quantitative estimate of drug-likeness (QED) is 0.777. The Kier molecular flexibility index (Phi) is 4.43. The summed E-state index contributed by atoms with van der Waals surface area (Å²) >= 11 is 15.1. The van der Waals surface area contributed by atoms with E-state index in [4.69, 9.17) is 28.9 Å². The number of pyridine rings is 1. The van der Waals surface area contributed by atoms with Gasteiger partial charge in [-0.15, -0.1) is 0 Å². The van der Waals surface area contributed by atoms with E-state index in [1.807, 2.05) is 0 Å². The molecule has 0 saturated carbocycles. The highest BCUT2D eigenvalue weighted by Gasteiger charge is 2.21. The van der Waals surface area contributed by atoms with Crippen molar-refractivity contribution in [2.45, 2.75) is 5.03 Å². The van der Waals surface area contributed by atoms with Gasteiger partial charge in [-0.05, 0) is 40.2 Å². The topological polar surface area (TPSA) is 85.1 Å². The molecule has 0 amide bonds. The minimum atomic E-state index is -3.94. The number of nitrogens with two attached hydrogens (primary N) is 1. The third kappa shape index (κ3) is 3.01. The van der Waals surface area contributed by atoms with Crippen LogP contribution in [0.4, 0.5) is 11.4 Å². The lowest BCUT2D eigenvalue weighted by atomic mass is 10.3. The lowest BCUT2D eigenvalue weighted by Crippen LogP contribution is -2.16. The summed E-state index contributed by atoms with van der Waals surface area (Å²) in [5, 5.41) is 0.0232. The predicted molar refractivity (Wildman–Crippen MR) is 83.6 cm³/mol. The minimum Gasteiger partial charge on any atom is -0.396 e. The molecular formula is C11H8BrCl2N3O2S. The zero-order valence-electron chi connectivity index (χ0n) is 9.77. The van der Waals surface area contributed by atoms with Crippen LogP contribution in [0.2, 0.25) is 10.0 Å². The Balaban J connectivity index is 2.45. The summed E-state index contributed by atoms with van der Waals surface area (Å²) in [7, 11) is -3.94. The SMILES string of the molecule is Nc1cccnc1S(=O)(=O)Nc1ccc(Br)c(Cl)c1Cl. The summed E-state index contributed by atoms with van der Waals surface area (Å²) in [6, 6.07) is 6.04. The molecule has 0 bridgehead atoms. The molecule has 1 aromatic carbocycles. The highest BCUT2D eigenvalue weighted by molar-refractivity contribution is 9.10. The number of sulfonamides is 1. The van der Waals surface area contributed by atoms with Crippen LogP contribution in [0.25, 0.3) is 0 Å². The van der Waals surface area contributed by atoms with E-state index in [0.29, 0.717) is 4.47 Å². The summed E-state index contributed by atoms with van der Waals surface area (Å²) in [5.41, 5.74) is 5.79. The Labute approximate surface area is 134 Å². The molecule has 9 heteroatoms. The fourth-order valence-corrected chi connectivity index (χ4v) is 3.44. The molecular weight excluding hydrogens is 389 g/mol. The van der Waals surface area contributed by atoms with Crippen LogP contribution in [-0.4, -0.2) is 13.4 Å². The first-order valence-corrected chi connectivity index (χ1v) is 8.23. The molecule has 1 aromatic heterocycles. The zero-order valence-corrected chi connectivity index (χ0v) is 13.7. The van der Waals surface area contributed by atoms with Gasteiger partial charge in [0.15, 0.2) is 5.03 Å². The molecule has 2 aromatic rings. The summed E-state index contributed by atoms with van der Waals surface area (Å²) in [6.45, 7) is 0. The molecule has 3 N–H and O–H groups in total. The number of nitrogens with one attached hydrogen (secondary N) is 1. The number of aromatic nitrogens is 1. The van der Waals surface area contributed by atoms with Crippen LogP contribution in [0, 0.1) is 0 Å². The molecule has 0 aliphatic carbocycles. The van der Waals surface area contributed by atoms with Gasteiger partial charge < -0.3 is 5.73 Å². The molecule has 0 aliphatic rings. The first-order valence-electron chi connectivity index (χ1n) is 5.20. The molecule has 5 nitrogen and oxygen atoms in total. The maximum Gasteiger partial charge on any atom is 0.281 e. The second-order valence-electron chi connectivity index (χ2n) is 3.73. The Bertz CT molecular complexity index is 768. The summed E-state index contributed by atoms with van der Waals surface area (Å²) in [4.78, 5) is 3.75. The second kappa shape index (κ2) is 5.77. The number of rotatable bonds is 3. The number of hydrogen-bond donors (Lipinski definition) is 2. The number of nitrogens with zero attached hydrogens (tertiary/aromatic N) is 1. The van der Waals surface area contributed by atoms with Gasteiger partial charge in [0, 0.05) is 10.7 Å². The van der Waals surface area contributed by atoms with Crippen molar-refractivity contribution in [2.24, 2.45) is 0 Å². The van der Waals surface area contributed by atoms with Crippen LogP contribution in [-0.2, 0) is 10.0 Å². The highest BCUT2D eigenvalue weighted by atomic mass is 79.9. The summed E-state index contributed by atoms with van der Waals surface area (Å²) in [6.07, 6.45) is 1.33. The van der Waals surface area contributed by atoms with Crippen LogP contribution in [0.5, 0.6) is 0 Å². The maximum absolute atomic E-state index is 12.2. The van der Waals surface area contributed by atoms with Gasteiger partial charge in [0.25, 0.3) is 10.0 Å². The second-order valence-corrected chi connectivity index (χ2v) is 6.93. The Morgan fingerprint density at radius 2 is 1.90 bits per heavy atom. The number of anilines is 2. The van der Waals surface area contributed by atoms with Crippen molar-refractivity contribution in [3.8, 4) is 0 Å². The van der Waals surface area contributed by atoms with Crippen LogP contribution in [0.15, 0.2) is 40.0 Å². The lowest BCUT2D eigenvalue weighted by Gasteiger charge is -2.11. The van der Waals surface area contributed by atoms with Gasteiger partial charge in [0.05, 0.1) is 21.4 Å². The summed E-state index contributed by atoms with van der Waals surface area (Å²) < 4.78 is 27.3. The van der Waals surface area contributed by atoms with Crippen LogP contribution in [0.3, 0.4) is 0 Å². The van der Waals surface area contributed by atoms with E-state index < -0.39 is 10.0 Å². The van der Waals surface area contributed by atoms with Crippen molar-refractivity contribution in [3.05, 3.63) is 45.0 Å². The third-order valence-corrected chi connectivity index (χ3v) is 5.44. The lowest BCUT2D eigenvalue weighted by molar-refractivity contribution is 0.598. The van der Waals surface area contributed by atoms with E-state index in [2.05, 4.69) is 25.6 Å². The largest absolute Gasteiger partial charge is 0.396 e. The Morgan fingerprint density at radius 1 is 1.20 bits per heavy atom. The van der Waals surface area contributed by atoms with Crippen molar-refractivity contribution < 1.29 is 8.42 Å². The fourth-order valence-electron chi connectivity index (χ4n) is 1.43. The van der Waals surface area contributed by atoms with Crippen molar-refractivity contribution >= 4 is 60.5 Å². The van der Waals surface area contributed by atoms with Crippen molar-refractivity contribution in [1.82, 2.24) is 4.98 Å². The van der Waals surface area contributed by atoms with E-state index in [1.54, 1.807) is 6.07 Å². The average Bonchev–Trinajstić information content (AvgIpc) is 2.40. The monoisotopic (exact) mass is 395 g/mol. The third-order valence-electron chi connectivity index (χ3n) is 2.33. The average molecular weight is 397 g/mol. The van der Waals surface area contributed by atoms with E-state index in [9.17, 15) is 8.42 Å². The van der Waals surface area contributed by atoms with Gasteiger partial charge in [-0.2, -0.15) is 8.42 Å². The highest BCUT2D eigenvalue weighted by Crippen LogP contribution is 2.36. The van der Waals surface area contributed by atoms with E-state index in [1.165, 1.54) is 24.4 Å². The molecule has 1 heterocycles. The van der Waals surface area contributed by atoms with Gasteiger partial charge in [-0.25, -0.2) is 4.98 Å². The standard InChI is InChI=1S/C11H8BrCl2N3O2S/c12-6-3-4-8(10(14)9(6)13)17-20(18,19)11-7(15)2-1-5-16-11/h1-5,17H,15H2. The normalized spacial score (nSPS) is 11.3. The fraction of sp³-hybridized carbons (Fsp3) is 0. The predicted octanol–water partition coefficient (Wildman–Crippen LogP) is 3.53. The van der Waals surface area contributed by atoms with E-state index in [0.717, 1.165) is 0 Å². The molecule has 0 radical (unpaired) electrons. The molecule has 0 atom stereocenters. The van der Waals surface area contributed by atoms with E-state index >= 15 is 0 Å². The molecule has 0 saturated heterocycles. The van der Waals surface area contributed by atoms with Gasteiger partial charge in [0.1, 0.15) is 0 Å². The molecule has 106 valence electrons. The number of benzene rings is 1. The van der Waals surface area contributed by atoms with E-state index in [-0.39, 0.29) is 26.4 Å². The smallest absolute Gasteiger partial charge is 0.281 e. The first kappa shape index (κ1) is 15.4. The van der Waals surface area contributed by atoms with Crippen molar-refractivity contribution in [2.75, 3.05) is 10.5 Å². The van der Waals surface area contributed by atoms with Crippen molar-refractivity contribution in [3.63, 3.8) is 0 Å². The Hall–Kier alpha value is -1.02. The number of nitrogen functional groups attached to an aromatic ring is 1. The van der Waals surface area contributed by atoms with Crippen LogP contribution >= 0.6 is 39.1 Å². The molecule has 0 unspecified atom stereocenters. The van der Waals surface area contributed by atoms with Gasteiger partial charge in [-0.1, -0.05) is 23.2 Å². The number of hydrogen-bond acceptors (Lipinski definition) is 4. The van der Waals surface area contributed by atoms with Crippen LogP contribution in [0.1, 0.15) is 0 Å². The molecule has 20 heavy (non-hydrogen) atoms. The van der Waals surface area contributed by atoms with Crippen molar-refractivity contribution in [1.29, 1.82) is 0 Å². The molecule has 0 spiro atoms. The maximum atomic E-state index is 12.2. The minimum absolute atomic E-state index is 0.0410. The zero-order chi connectivity index (χ0) is 14.9. The van der Waals surface area contributed by atoms with Gasteiger partial charge in [0.2, 0.25) is 0 Å². The molecule has 0 aliphatic heterocycles. The van der Waals surface area contributed by atoms with Gasteiger partial charge in [-0.3, -0.25) is 4.72 Å². The van der Waals surface area contributed by atoms with Crippen LogP contribution < -0.4 is 10.5 Å². The molecule has 2 rings (SSSR count). The molecule has 0 fully saturated rings. The number of halogens is 3. The Morgan fingerprint density at radius 3 is 2.55 bits per heavy atom. The summed E-state index contributed by atoms with van der Waals surface area (Å²) in [5.74, 6) is 0.